The van der Waals surface area contributed by atoms with Crippen LogP contribution in [0.1, 0.15) is 29.7 Å². The van der Waals surface area contributed by atoms with Gasteiger partial charge in [0.25, 0.3) is 5.56 Å². The first-order valence-corrected chi connectivity index (χ1v) is 12.8. The number of ether oxygens (including phenoxy) is 2. The number of aromatic amines is 1. The van der Waals surface area contributed by atoms with Crippen molar-refractivity contribution in [2.75, 3.05) is 12.7 Å². The smallest absolute Gasteiger partial charge is 0.380 e. The van der Waals surface area contributed by atoms with Crippen LogP contribution in [-0.4, -0.2) is 62.5 Å². The number of benzene rings is 1. The summed E-state index contributed by atoms with van der Waals surface area (Å²) in [6.07, 6.45) is -2.25. The molecule has 1 aromatic heterocycles. The van der Waals surface area contributed by atoms with Gasteiger partial charge in [-0.15, -0.1) is 6.42 Å². The lowest BCUT2D eigenvalue weighted by atomic mass is 9.97. The fourth-order valence-corrected chi connectivity index (χ4v) is 5.03. The van der Waals surface area contributed by atoms with Gasteiger partial charge in [-0.1, -0.05) is 31.0 Å². The van der Waals surface area contributed by atoms with Crippen LogP contribution in [0.5, 0.6) is 5.75 Å². The number of aromatic nitrogens is 3. The average molecular weight is 541 g/mol. The number of aliphatic hydroxyl groups is 1. The molecule has 0 aliphatic carbocycles. The van der Waals surface area contributed by atoms with Crippen LogP contribution in [0.2, 0.25) is 0 Å². The zero-order chi connectivity index (χ0) is 29.2. The molecule has 1 aliphatic heterocycles. The number of hydrogen-bond donors (Lipinski definition) is 2. The molecular weight excluding hydrogens is 512 g/mol. The van der Waals surface area contributed by atoms with Gasteiger partial charge in [0.1, 0.15) is 24.2 Å². The van der Waals surface area contributed by atoms with Gasteiger partial charge < -0.3 is 19.1 Å². The molecule has 0 radical (unpaired) electrons. The number of alkyl halides is 1. The Morgan fingerprint density at radius 1 is 1.41 bits per heavy atom. The number of H-pyrrole nitrogens is 1. The monoisotopic (exact) mass is 541 g/mol. The van der Waals surface area contributed by atoms with Gasteiger partial charge in [0.05, 0.1) is 27.5 Å². The molecule has 2 heterocycles. The van der Waals surface area contributed by atoms with Gasteiger partial charge in [-0.2, -0.15) is 9.78 Å². The summed E-state index contributed by atoms with van der Waals surface area (Å²) in [5.74, 6) is -0.231. The molecule has 6 atom stereocenters. The van der Waals surface area contributed by atoms with Gasteiger partial charge in [-0.25, -0.2) is 13.8 Å². The van der Waals surface area contributed by atoms with Crippen molar-refractivity contribution >= 4 is 13.6 Å². The standard InChI is InChI=1S/C23H27FN3O9P/c1-5-23(24)19(29)17(35-21(23)27-22(31)26-18(28)11-25-27)12-33-37(32,36-16-9-7-6-8-10-16)13-15(4)20(30)34-14(2)3/h1,6-11,14-15,17,19,21,29H,12-13H2,2-4H3,(H,26,28,31)/t15-,17-,19+,21-,23?,37+/m1/s1/i12D2. The second-order valence-corrected chi connectivity index (χ2v) is 10.4. The molecule has 3 rings (SSSR count). The number of nitrogens with zero attached hydrogens (tertiary/aromatic N) is 2. The quantitative estimate of drug-likeness (QED) is 0.256. The molecule has 1 fully saturated rings. The van der Waals surface area contributed by atoms with Crippen LogP contribution in [0.25, 0.3) is 0 Å². The maximum atomic E-state index is 15.8. The molecule has 0 bridgehead atoms. The Balaban J connectivity index is 1.96. The van der Waals surface area contributed by atoms with Gasteiger partial charge >= 0.3 is 19.3 Å². The van der Waals surface area contributed by atoms with Gasteiger partial charge in [0.15, 0.2) is 0 Å². The van der Waals surface area contributed by atoms with E-state index in [0.29, 0.717) is 6.20 Å². The van der Waals surface area contributed by atoms with E-state index in [0.717, 1.165) is 0 Å². The summed E-state index contributed by atoms with van der Waals surface area (Å²) >= 11 is 0. The van der Waals surface area contributed by atoms with E-state index in [-0.39, 0.29) is 10.4 Å². The molecule has 2 aromatic rings. The van der Waals surface area contributed by atoms with E-state index in [2.05, 4.69) is 5.10 Å². The van der Waals surface area contributed by atoms with Crippen molar-refractivity contribution in [3.63, 3.8) is 0 Å². The number of carbonyl (C=O) groups is 1. The predicted octanol–water partition coefficient (Wildman–Crippen LogP) is 1.41. The number of terminal acetylenes is 1. The van der Waals surface area contributed by atoms with Crippen LogP contribution in [0, 0.1) is 18.3 Å². The Morgan fingerprint density at radius 2 is 2.08 bits per heavy atom. The molecular formula is C23H27FN3O9P. The minimum absolute atomic E-state index is 0.000666. The lowest BCUT2D eigenvalue weighted by Crippen LogP contribution is -2.46. The second kappa shape index (κ2) is 11.4. The Bertz CT molecular complexity index is 1400. The van der Waals surface area contributed by atoms with Crippen molar-refractivity contribution in [1.29, 1.82) is 0 Å². The van der Waals surface area contributed by atoms with Crippen molar-refractivity contribution in [2.45, 2.75) is 51.0 Å². The first kappa shape index (κ1) is 25.4. The molecule has 37 heavy (non-hydrogen) atoms. The lowest BCUT2D eigenvalue weighted by Gasteiger charge is -2.24. The first-order valence-electron chi connectivity index (χ1n) is 12.0. The highest BCUT2D eigenvalue weighted by Gasteiger charge is 2.59. The van der Waals surface area contributed by atoms with Crippen molar-refractivity contribution in [1.82, 2.24) is 14.8 Å². The molecule has 0 saturated carbocycles. The Kier molecular flexibility index (Phi) is 7.81. The van der Waals surface area contributed by atoms with Crippen LogP contribution in [0.15, 0.2) is 46.1 Å². The summed E-state index contributed by atoms with van der Waals surface area (Å²) in [5.41, 5.74) is -5.41. The van der Waals surface area contributed by atoms with E-state index >= 15 is 4.39 Å². The zero-order valence-electron chi connectivity index (χ0n) is 22.1. The van der Waals surface area contributed by atoms with Gasteiger partial charge in [-0.05, 0) is 26.0 Å². The van der Waals surface area contributed by atoms with E-state index in [4.69, 9.17) is 27.7 Å². The molecule has 1 saturated heterocycles. The minimum Gasteiger partial charge on any atom is -0.463 e. The summed E-state index contributed by atoms with van der Waals surface area (Å²) in [4.78, 5) is 37.8. The van der Waals surface area contributed by atoms with Crippen LogP contribution < -0.4 is 15.8 Å². The van der Waals surface area contributed by atoms with E-state index in [9.17, 15) is 24.1 Å². The maximum Gasteiger partial charge on any atom is 0.380 e. The number of carbonyl (C=O) groups excluding carboxylic acids is 1. The lowest BCUT2D eigenvalue weighted by molar-refractivity contribution is -0.151. The number of esters is 1. The number of rotatable bonds is 10. The summed E-state index contributed by atoms with van der Waals surface area (Å²) in [7, 11) is -4.63. The van der Waals surface area contributed by atoms with Crippen molar-refractivity contribution in [2.24, 2.45) is 5.92 Å². The van der Waals surface area contributed by atoms with Crippen molar-refractivity contribution in [3.8, 4) is 18.1 Å². The van der Waals surface area contributed by atoms with Crippen LogP contribution in [0.3, 0.4) is 0 Å². The zero-order valence-corrected chi connectivity index (χ0v) is 21.0. The topological polar surface area (TPSA) is 159 Å². The summed E-state index contributed by atoms with van der Waals surface area (Å²) < 4.78 is 67.9. The van der Waals surface area contributed by atoms with Crippen LogP contribution >= 0.6 is 7.60 Å². The van der Waals surface area contributed by atoms with Gasteiger partial charge in [0, 0.05) is 0 Å². The summed E-state index contributed by atoms with van der Waals surface area (Å²) in [6, 6.07) is 7.52. The van der Waals surface area contributed by atoms with E-state index in [1.165, 1.54) is 19.1 Å². The third-order valence-electron chi connectivity index (χ3n) is 5.08. The molecule has 0 spiro atoms. The fraction of sp³-hybridized carbons (Fsp3) is 0.478. The predicted molar refractivity (Wildman–Crippen MR) is 128 cm³/mol. The number of para-hydroxylation sites is 1. The number of aliphatic hydroxyl groups excluding tert-OH is 1. The highest BCUT2D eigenvalue weighted by molar-refractivity contribution is 7.54. The number of hydrogen-bond acceptors (Lipinski definition) is 10. The molecule has 14 heteroatoms. The summed E-state index contributed by atoms with van der Waals surface area (Å²) in [5, 5.41) is 14.2. The molecule has 1 unspecified atom stereocenters. The molecule has 1 aromatic carbocycles. The summed E-state index contributed by atoms with van der Waals surface area (Å²) in [6.45, 7) is 1.29. The average Bonchev–Trinajstić information content (AvgIpc) is 3.10. The van der Waals surface area contributed by atoms with E-state index < -0.39 is 73.7 Å². The first-order chi connectivity index (χ1) is 18.1. The van der Waals surface area contributed by atoms with Crippen LogP contribution in [-0.2, 0) is 23.4 Å². The molecule has 0 amide bonds. The normalized spacial score (nSPS) is 26.9. The third-order valence-corrected chi connectivity index (χ3v) is 6.95. The highest BCUT2D eigenvalue weighted by atomic mass is 31.2. The second-order valence-electron chi connectivity index (χ2n) is 8.44. The van der Waals surface area contributed by atoms with Gasteiger partial charge in [-0.3, -0.25) is 19.1 Å². The Morgan fingerprint density at radius 3 is 2.68 bits per heavy atom. The number of nitrogens with one attached hydrogen (secondary N) is 1. The van der Waals surface area contributed by atoms with Crippen LogP contribution in [0.4, 0.5) is 4.39 Å². The fourth-order valence-electron chi connectivity index (χ4n) is 3.32. The van der Waals surface area contributed by atoms with E-state index in [1.807, 2.05) is 4.98 Å². The Labute approximate surface area is 214 Å². The minimum atomic E-state index is -4.63. The third kappa shape index (κ3) is 6.53. The Hall–Kier alpha value is -3.30. The largest absolute Gasteiger partial charge is 0.463 e. The molecule has 200 valence electrons. The van der Waals surface area contributed by atoms with Crippen molar-refractivity contribution < 1.29 is 40.1 Å². The molecule has 2 N–H and O–H groups in total. The van der Waals surface area contributed by atoms with Crippen molar-refractivity contribution in [3.05, 3.63) is 57.4 Å². The maximum absolute atomic E-state index is 15.8. The highest BCUT2D eigenvalue weighted by Crippen LogP contribution is 2.51. The molecule has 1 aliphatic rings. The molecule has 12 nitrogen and oxygen atoms in total. The number of halogens is 1. The SMILES string of the molecule is [2H]C([2H])(O[P@@](=O)(C[C@@H](C)C(=O)OC(C)C)Oc1ccccc1)[C@H]1O[C@@H](n2ncc(=O)[nH]c2=O)C(F)(C#C)[C@H]1O. The van der Waals surface area contributed by atoms with E-state index in [1.54, 1.807) is 38.0 Å². The van der Waals surface area contributed by atoms with Gasteiger partial charge in [0.2, 0.25) is 11.9 Å².